The number of likely N-dealkylation sites (tertiary alicyclic amines) is 1. The van der Waals surface area contributed by atoms with E-state index in [9.17, 15) is 13.2 Å². The highest BCUT2D eigenvalue weighted by Crippen LogP contribution is 2.32. The van der Waals surface area contributed by atoms with E-state index < -0.39 is 9.05 Å². The fraction of sp³-hybridized carbons (Fsp3) is 0.588. The van der Waals surface area contributed by atoms with E-state index in [1.54, 1.807) is 0 Å². The van der Waals surface area contributed by atoms with Crippen LogP contribution in [0.3, 0.4) is 0 Å². The van der Waals surface area contributed by atoms with Gasteiger partial charge < -0.3 is 9.64 Å². The molecule has 24 heavy (non-hydrogen) atoms. The van der Waals surface area contributed by atoms with Crippen molar-refractivity contribution in [2.24, 2.45) is 5.92 Å². The lowest BCUT2D eigenvalue weighted by atomic mass is 10.1. The van der Waals surface area contributed by atoms with Crippen LogP contribution in [0.1, 0.15) is 31.2 Å². The van der Waals surface area contributed by atoms with Gasteiger partial charge in [0.15, 0.2) is 0 Å². The molecule has 0 radical (unpaired) electrons. The summed E-state index contributed by atoms with van der Waals surface area (Å²) in [5, 5.41) is 0. The van der Waals surface area contributed by atoms with Crippen LogP contribution >= 0.6 is 10.7 Å². The molecular formula is C17H22ClNO4S. The molecule has 1 heterocycles. The second-order valence-corrected chi connectivity index (χ2v) is 9.48. The minimum Gasteiger partial charge on any atom is -0.371 e. The van der Waals surface area contributed by atoms with Crippen LogP contribution in [0.5, 0.6) is 0 Å². The number of benzene rings is 1. The smallest absolute Gasteiger partial charge is 0.232 e. The predicted octanol–water partition coefficient (Wildman–Crippen LogP) is 2.54. The Morgan fingerprint density at radius 3 is 2.67 bits per heavy atom. The number of amides is 1. The fourth-order valence-corrected chi connectivity index (χ4v) is 5.08. The maximum atomic E-state index is 12.3. The zero-order chi connectivity index (χ0) is 17.2. The zero-order valence-electron chi connectivity index (χ0n) is 13.4. The molecule has 0 bridgehead atoms. The molecule has 0 N–H and O–H groups in total. The Labute approximate surface area is 147 Å². The van der Waals surface area contributed by atoms with Gasteiger partial charge in [-0.15, -0.1) is 0 Å². The van der Waals surface area contributed by atoms with Gasteiger partial charge in [0.25, 0.3) is 0 Å². The summed E-state index contributed by atoms with van der Waals surface area (Å²) in [6, 6.07) is 10.0. The third-order valence-corrected chi connectivity index (χ3v) is 6.05. The van der Waals surface area contributed by atoms with Crippen molar-refractivity contribution in [1.29, 1.82) is 0 Å². The van der Waals surface area contributed by atoms with Crippen molar-refractivity contribution in [3.05, 3.63) is 35.9 Å². The van der Waals surface area contributed by atoms with Gasteiger partial charge in [-0.05, 0) is 24.8 Å². The quantitative estimate of drug-likeness (QED) is 0.721. The molecular weight excluding hydrogens is 350 g/mol. The topological polar surface area (TPSA) is 63.7 Å². The predicted molar refractivity (Wildman–Crippen MR) is 92.1 cm³/mol. The van der Waals surface area contributed by atoms with Crippen LogP contribution < -0.4 is 0 Å². The number of halogens is 1. The van der Waals surface area contributed by atoms with Crippen LogP contribution in [0.15, 0.2) is 30.3 Å². The number of ether oxygens (including phenoxy) is 1. The first-order valence-electron chi connectivity index (χ1n) is 8.30. The van der Waals surface area contributed by atoms with Crippen molar-refractivity contribution >= 4 is 25.6 Å². The summed E-state index contributed by atoms with van der Waals surface area (Å²) < 4.78 is 28.6. The van der Waals surface area contributed by atoms with E-state index in [0.717, 1.165) is 24.8 Å². The molecule has 2 fully saturated rings. The summed E-state index contributed by atoms with van der Waals surface area (Å²) in [6.07, 6.45) is 3.13. The number of hydrogen-bond acceptors (Lipinski definition) is 4. The summed E-state index contributed by atoms with van der Waals surface area (Å²) in [6.45, 7) is 0.990. The molecule has 132 valence electrons. The number of hydrogen-bond donors (Lipinski definition) is 0. The Morgan fingerprint density at radius 1 is 1.21 bits per heavy atom. The molecule has 1 aliphatic carbocycles. The Kier molecular flexibility index (Phi) is 5.47. The Balaban J connectivity index is 1.59. The maximum absolute atomic E-state index is 12.3. The highest BCUT2D eigenvalue weighted by Gasteiger charge is 2.41. The number of rotatable bonds is 6. The Morgan fingerprint density at radius 2 is 1.96 bits per heavy atom. The van der Waals surface area contributed by atoms with Gasteiger partial charge in [-0.25, -0.2) is 8.42 Å². The van der Waals surface area contributed by atoms with Crippen LogP contribution in [-0.4, -0.2) is 43.7 Å². The normalized spacial score (nSPS) is 27.8. The molecule has 3 rings (SSSR count). The third-order valence-electron chi connectivity index (χ3n) is 4.80. The Bertz CT molecular complexity index is 679. The van der Waals surface area contributed by atoms with Crippen molar-refractivity contribution in [3.63, 3.8) is 0 Å². The van der Waals surface area contributed by atoms with Crippen molar-refractivity contribution in [2.75, 3.05) is 12.3 Å². The minimum atomic E-state index is -3.58. The molecule has 1 amide bonds. The van der Waals surface area contributed by atoms with Gasteiger partial charge in [0.05, 0.1) is 24.5 Å². The lowest BCUT2D eigenvalue weighted by Gasteiger charge is -2.30. The van der Waals surface area contributed by atoms with E-state index in [4.69, 9.17) is 15.4 Å². The summed E-state index contributed by atoms with van der Waals surface area (Å²) >= 11 is 0. The standard InChI is InChI=1S/C17H22ClNO4S/c18-24(21,22)12-14-9-17(20)19(10-14)15-7-4-8-16(15)23-11-13-5-2-1-3-6-13/h1-3,5-6,14-16H,4,7-12H2. The largest absolute Gasteiger partial charge is 0.371 e. The van der Waals surface area contributed by atoms with E-state index >= 15 is 0 Å². The molecule has 1 aliphatic heterocycles. The molecule has 3 atom stereocenters. The second kappa shape index (κ2) is 7.42. The number of carbonyl (C=O) groups is 1. The van der Waals surface area contributed by atoms with Crippen molar-refractivity contribution < 1.29 is 17.9 Å². The third kappa shape index (κ3) is 4.49. The van der Waals surface area contributed by atoms with Crippen LogP contribution in [0.2, 0.25) is 0 Å². The van der Waals surface area contributed by atoms with Gasteiger partial charge in [-0.2, -0.15) is 0 Å². The van der Waals surface area contributed by atoms with E-state index in [1.165, 1.54) is 0 Å². The lowest BCUT2D eigenvalue weighted by molar-refractivity contribution is -0.132. The van der Waals surface area contributed by atoms with Crippen molar-refractivity contribution in [2.45, 2.75) is 44.4 Å². The molecule has 3 unspecified atom stereocenters. The number of carbonyl (C=O) groups excluding carboxylic acids is 1. The van der Waals surface area contributed by atoms with Gasteiger partial charge in [0.1, 0.15) is 0 Å². The first-order valence-corrected chi connectivity index (χ1v) is 10.8. The first-order chi connectivity index (χ1) is 11.4. The molecule has 2 aliphatic rings. The number of nitrogens with zero attached hydrogens (tertiary/aromatic N) is 1. The molecule has 1 aromatic carbocycles. The minimum absolute atomic E-state index is 0.0144. The SMILES string of the molecule is O=C1CC(CS(=O)(=O)Cl)CN1C1CCCC1OCc1ccccc1. The summed E-state index contributed by atoms with van der Waals surface area (Å²) in [4.78, 5) is 14.1. The monoisotopic (exact) mass is 371 g/mol. The van der Waals surface area contributed by atoms with Gasteiger partial charge in [0, 0.05) is 29.6 Å². The summed E-state index contributed by atoms with van der Waals surface area (Å²) in [7, 11) is 1.76. The van der Waals surface area contributed by atoms with E-state index in [0.29, 0.717) is 13.2 Å². The Hall–Kier alpha value is -1.11. The fourth-order valence-electron chi connectivity index (χ4n) is 3.76. The average Bonchev–Trinajstić information content (AvgIpc) is 3.10. The van der Waals surface area contributed by atoms with E-state index in [-0.39, 0.29) is 36.1 Å². The van der Waals surface area contributed by atoms with E-state index in [2.05, 4.69) is 0 Å². The molecule has 0 spiro atoms. The molecule has 1 saturated heterocycles. The molecule has 5 nitrogen and oxygen atoms in total. The average molecular weight is 372 g/mol. The first kappa shape index (κ1) is 17.7. The van der Waals surface area contributed by atoms with E-state index in [1.807, 2.05) is 35.2 Å². The van der Waals surface area contributed by atoms with Crippen LogP contribution in [0, 0.1) is 5.92 Å². The van der Waals surface area contributed by atoms with Crippen LogP contribution in [0.4, 0.5) is 0 Å². The molecule has 7 heteroatoms. The molecule has 1 aromatic rings. The molecule has 0 aromatic heterocycles. The molecule has 1 saturated carbocycles. The highest BCUT2D eigenvalue weighted by atomic mass is 35.7. The van der Waals surface area contributed by atoms with Gasteiger partial charge >= 0.3 is 0 Å². The van der Waals surface area contributed by atoms with Crippen molar-refractivity contribution in [1.82, 2.24) is 4.90 Å². The van der Waals surface area contributed by atoms with Gasteiger partial charge in [0.2, 0.25) is 15.0 Å². The summed E-state index contributed by atoms with van der Waals surface area (Å²) in [5.74, 6) is -0.338. The van der Waals surface area contributed by atoms with Crippen LogP contribution in [0.25, 0.3) is 0 Å². The summed E-state index contributed by atoms with van der Waals surface area (Å²) in [5.41, 5.74) is 1.11. The highest BCUT2D eigenvalue weighted by molar-refractivity contribution is 8.13. The van der Waals surface area contributed by atoms with Gasteiger partial charge in [-0.1, -0.05) is 30.3 Å². The zero-order valence-corrected chi connectivity index (χ0v) is 15.0. The van der Waals surface area contributed by atoms with Crippen molar-refractivity contribution in [3.8, 4) is 0 Å². The second-order valence-electron chi connectivity index (χ2n) is 6.66. The maximum Gasteiger partial charge on any atom is 0.232 e. The van der Waals surface area contributed by atoms with Crippen LogP contribution in [-0.2, 0) is 25.2 Å². The van der Waals surface area contributed by atoms with Gasteiger partial charge in [-0.3, -0.25) is 4.79 Å². The lowest BCUT2D eigenvalue weighted by Crippen LogP contribution is -2.42.